The molecule has 0 aliphatic carbocycles. The van der Waals surface area contributed by atoms with E-state index in [1.54, 1.807) is 7.11 Å². The van der Waals surface area contributed by atoms with E-state index in [4.69, 9.17) is 9.47 Å². The van der Waals surface area contributed by atoms with Crippen LogP contribution in [-0.4, -0.2) is 13.9 Å². The molecule has 0 fully saturated rings. The fourth-order valence-electron chi connectivity index (χ4n) is 3.24. The average Bonchev–Trinajstić information content (AvgIpc) is 2.74. The van der Waals surface area contributed by atoms with Gasteiger partial charge in [-0.15, -0.1) is 0 Å². The summed E-state index contributed by atoms with van der Waals surface area (Å²) in [4.78, 5) is 2.25. The third kappa shape index (κ3) is 3.64. The van der Waals surface area contributed by atoms with Crippen molar-refractivity contribution in [1.82, 2.24) is 0 Å². The monoisotopic (exact) mass is 355 g/mol. The van der Waals surface area contributed by atoms with Crippen molar-refractivity contribution in [2.75, 3.05) is 18.8 Å². The second kappa shape index (κ2) is 7.94. The number of ether oxygens (including phenoxy) is 2. The Morgan fingerprint density at radius 2 is 1.30 bits per heavy atom. The van der Waals surface area contributed by atoms with Gasteiger partial charge in [0, 0.05) is 29.9 Å². The number of hydrogen-bond acceptors (Lipinski definition) is 3. The molecule has 0 bridgehead atoms. The molecule has 3 heteroatoms. The number of methoxy groups -OCH3 is 1. The molecule has 0 aliphatic heterocycles. The van der Waals surface area contributed by atoms with Crippen molar-refractivity contribution in [2.24, 2.45) is 0 Å². The first-order valence-electron chi connectivity index (χ1n) is 8.91. The van der Waals surface area contributed by atoms with Crippen molar-refractivity contribution in [2.45, 2.75) is 0 Å². The van der Waals surface area contributed by atoms with Gasteiger partial charge in [0.2, 0.25) is 0 Å². The summed E-state index contributed by atoms with van der Waals surface area (Å²) < 4.78 is 10.9. The van der Waals surface area contributed by atoms with Gasteiger partial charge in [0.05, 0.1) is 5.69 Å². The molecule has 4 rings (SSSR count). The number of hydrogen-bond donors (Lipinski definition) is 0. The Morgan fingerprint density at radius 1 is 0.704 bits per heavy atom. The summed E-state index contributed by atoms with van der Waals surface area (Å²) >= 11 is 0. The van der Waals surface area contributed by atoms with Gasteiger partial charge in [-0.2, -0.15) is 0 Å². The van der Waals surface area contributed by atoms with Gasteiger partial charge >= 0.3 is 0 Å². The van der Waals surface area contributed by atoms with Crippen molar-refractivity contribution in [3.05, 3.63) is 97.1 Å². The van der Waals surface area contributed by atoms with E-state index in [9.17, 15) is 0 Å². The van der Waals surface area contributed by atoms with Crippen LogP contribution >= 0.6 is 0 Å². The minimum Gasteiger partial charge on any atom is -0.467 e. The molecule has 4 aromatic rings. The van der Waals surface area contributed by atoms with Crippen LogP contribution in [0.15, 0.2) is 97.1 Å². The van der Waals surface area contributed by atoms with E-state index < -0.39 is 0 Å². The lowest BCUT2D eigenvalue weighted by Gasteiger charge is -2.27. The van der Waals surface area contributed by atoms with E-state index in [1.807, 2.05) is 24.3 Å². The van der Waals surface area contributed by atoms with Gasteiger partial charge < -0.3 is 14.4 Å². The zero-order valence-electron chi connectivity index (χ0n) is 15.2. The van der Waals surface area contributed by atoms with E-state index >= 15 is 0 Å². The Morgan fingerprint density at radius 3 is 1.93 bits per heavy atom. The molecule has 0 aromatic heterocycles. The molecule has 0 spiro atoms. The third-order valence-corrected chi connectivity index (χ3v) is 4.43. The molecule has 0 heterocycles. The summed E-state index contributed by atoms with van der Waals surface area (Å²) in [5.41, 5.74) is 3.26. The minimum absolute atomic E-state index is 0.217. The fraction of sp³-hybridized carbons (Fsp3) is 0.0833. The molecule has 134 valence electrons. The molecule has 27 heavy (non-hydrogen) atoms. The molecule has 4 aromatic carbocycles. The van der Waals surface area contributed by atoms with Gasteiger partial charge in [-0.05, 0) is 35.7 Å². The second-order valence-corrected chi connectivity index (χ2v) is 6.22. The number of nitrogens with zero attached hydrogens (tertiary/aromatic N) is 1. The van der Waals surface area contributed by atoms with Crippen LogP contribution in [0.3, 0.4) is 0 Å². The van der Waals surface area contributed by atoms with Crippen molar-refractivity contribution in [3.8, 4) is 5.75 Å². The van der Waals surface area contributed by atoms with Crippen LogP contribution in [-0.2, 0) is 4.74 Å². The van der Waals surface area contributed by atoms with E-state index in [2.05, 4.69) is 77.7 Å². The molecule has 0 radical (unpaired) electrons. The lowest BCUT2D eigenvalue weighted by Crippen LogP contribution is -2.11. The molecule has 0 aliphatic rings. The Bertz CT molecular complexity index is 977. The van der Waals surface area contributed by atoms with Crippen LogP contribution in [0.2, 0.25) is 0 Å². The highest BCUT2D eigenvalue weighted by atomic mass is 16.7. The van der Waals surface area contributed by atoms with Gasteiger partial charge in [0.25, 0.3) is 0 Å². The van der Waals surface area contributed by atoms with E-state index in [1.165, 1.54) is 0 Å². The number of fused-ring (bicyclic) bond motifs is 1. The van der Waals surface area contributed by atoms with Gasteiger partial charge in [0.15, 0.2) is 6.79 Å². The number of para-hydroxylation sites is 2. The maximum atomic E-state index is 5.78. The molecule has 0 saturated heterocycles. The van der Waals surface area contributed by atoms with Crippen LogP contribution in [0, 0.1) is 0 Å². The van der Waals surface area contributed by atoms with Gasteiger partial charge in [0.1, 0.15) is 5.75 Å². The van der Waals surface area contributed by atoms with Crippen LogP contribution in [0.4, 0.5) is 17.1 Å². The first-order chi connectivity index (χ1) is 13.4. The first kappa shape index (κ1) is 17.1. The summed E-state index contributed by atoms with van der Waals surface area (Å²) in [5.74, 6) is 0.780. The zero-order valence-corrected chi connectivity index (χ0v) is 15.2. The summed E-state index contributed by atoms with van der Waals surface area (Å²) in [6.07, 6.45) is 0. The van der Waals surface area contributed by atoms with Crippen LogP contribution in [0.1, 0.15) is 0 Å². The number of benzene rings is 4. The Labute approximate surface area is 159 Å². The SMILES string of the molecule is COCOc1cc(N(c2ccccc2)c2ccccc2)c2ccccc2c1. The van der Waals surface area contributed by atoms with Crippen LogP contribution in [0.5, 0.6) is 5.75 Å². The molecule has 0 saturated carbocycles. The van der Waals surface area contributed by atoms with Crippen molar-refractivity contribution < 1.29 is 9.47 Å². The van der Waals surface area contributed by atoms with E-state index in [0.29, 0.717) is 0 Å². The molecule has 0 N–H and O–H groups in total. The lowest BCUT2D eigenvalue weighted by atomic mass is 10.1. The highest BCUT2D eigenvalue weighted by molar-refractivity contribution is 6.00. The summed E-state index contributed by atoms with van der Waals surface area (Å²) in [5, 5.41) is 2.29. The van der Waals surface area contributed by atoms with E-state index in [0.717, 1.165) is 33.6 Å². The fourth-order valence-corrected chi connectivity index (χ4v) is 3.24. The molecule has 3 nitrogen and oxygen atoms in total. The Kier molecular flexibility index (Phi) is 5.04. The molecule has 0 atom stereocenters. The molecule has 0 unspecified atom stereocenters. The average molecular weight is 355 g/mol. The quantitative estimate of drug-likeness (QED) is 0.379. The lowest BCUT2D eigenvalue weighted by molar-refractivity contribution is 0.0512. The standard InChI is InChI=1S/C24H21NO2/c1-26-18-27-22-16-19-10-8-9-15-23(19)24(17-22)25(20-11-4-2-5-12-20)21-13-6-3-7-14-21/h2-17H,18H2,1H3. The second-order valence-electron chi connectivity index (χ2n) is 6.22. The molecule has 0 amide bonds. The smallest absolute Gasteiger partial charge is 0.188 e. The van der Waals surface area contributed by atoms with Gasteiger partial charge in [-0.25, -0.2) is 0 Å². The zero-order chi connectivity index (χ0) is 18.5. The third-order valence-electron chi connectivity index (χ3n) is 4.43. The summed E-state index contributed by atoms with van der Waals surface area (Å²) in [7, 11) is 1.63. The Hall–Kier alpha value is -3.30. The van der Waals surface area contributed by atoms with Crippen molar-refractivity contribution in [1.29, 1.82) is 0 Å². The van der Waals surface area contributed by atoms with Crippen LogP contribution < -0.4 is 9.64 Å². The highest BCUT2D eigenvalue weighted by Crippen LogP contribution is 2.40. The van der Waals surface area contributed by atoms with Crippen LogP contribution in [0.25, 0.3) is 10.8 Å². The predicted octanol–water partition coefficient (Wildman–Crippen LogP) is 6.29. The summed E-state index contributed by atoms with van der Waals surface area (Å²) in [6, 6.07) is 33.2. The normalized spacial score (nSPS) is 10.7. The van der Waals surface area contributed by atoms with Gasteiger partial charge in [-0.3, -0.25) is 0 Å². The predicted molar refractivity (Wildman–Crippen MR) is 111 cm³/mol. The first-order valence-corrected chi connectivity index (χ1v) is 8.91. The largest absolute Gasteiger partial charge is 0.467 e. The van der Waals surface area contributed by atoms with E-state index in [-0.39, 0.29) is 6.79 Å². The molecular formula is C24H21NO2. The van der Waals surface area contributed by atoms with Crippen molar-refractivity contribution in [3.63, 3.8) is 0 Å². The maximum absolute atomic E-state index is 5.78. The Balaban J connectivity index is 1.95. The van der Waals surface area contributed by atoms with Gasteiger partial charge in [-0.1, -0.05) is 60.7 Å². The number of anilines is 3. The topological polar surface area (TPSA) is 21.7 Å². The molecular weight excluding hydrogens is 334 g/mol. The number of rotatable bonds is 6. The highest BCUT2D eigenvalue weighted by Gasteiger charge is 2.16. The summed E-state index contributed by atoms with van der Waals surface area (Å²) in [6.45, 7) is 0.217. The van der Waals surface area contributed by atoms with Crippen molar-refractivity contribution >= 4 is 27.8 Å². The minimum atomic E-state index is 0.217. The maximum Gasteiger partial charge on any atom is 0.188 e.